The standard InChI is InChI=1S/C20H22FN.ClH/c21-19-11-12-20(15-7-3-1-4-8-15,16-9-5-2-6-10-16)18-14-22-13-17(18)19;/h1-10,17-19,22H,11-14H2;1H/t17-,18?,19+;/m0./s1. The topological polar surface area (TPSA) is 12.0 Å². The monoisotopic (exact) mass is 331 g/mol. The van der Waals surface area contributed by atoms with Crippen LogP contribution in [0.25, 0.3) is 0 Å². The number of nitrogens with one attached hydrogen (secondary N) is 1. The van der Waals surface area contributed by atoms with Gasteiger partial charge in [0.15, 0.2) is 0 Å². The molecule has 3 heteroatoms. The highest BCUT2D eigenvalue weighted by molar-refractivity contribution is 5.85. The van der Waals surface area contributed by atoms with Crippen LogP contribution in [0.4, 0.5) is 4.39 Å². The Morgan fingerprint density at radius 1 is 0.870 bits per heavy atom. The second kappa shape index (κ2) is 6.62. The summed E-state index contributed by atoms with van der Waals surface area (Å²) >= 11 is 0. The molecule has 0 amide bonds. The first-order valence-corrected chi connectivity index (χ1v) is 8.28. The van der Waals surface area contributed by atoms with Crippen LogP contribution in [0.2, 0.25) is 0 Å². The zero-order valence-electron chi connectivity index (χ0n) is 13.1. The molecule has 1 saturated heterocycles. The molecule has 1 N–H and O–H groups in total. The molecule has 1 aliphatic heterocycles. The van der Waals surface area contributed by atoms with Gasteiger partial charge in [0.2, 0.25) is 0 Å². The van der Waals surface area contributed by atoms with Crippen molar-refractivity contribution in [1.29, 1.82) is 0 Å². The SMILES string of the molecule is Cl.F[C@@H]1CCC(c2ccccc2)(c2ccccc2)C2CNC[C@@H]21. The molecule has 0 radical (unpaired) electrons. The summed E-state index contributed by atoms with van der Waals surface area (Å²) in [7, 11) is 0. The van der Waals surface area contributed by atoms with Crippen molar-refractivity contribution >= 4 is 12.4 Å². The Morgan fingerprint density at radius 2 is 1.43 bits per heavy atom. The number of hydrogen-bond acceptors (Lipinski definition) is 1. The normalized spacial score (nSPS) is 28.7. The van der Waals surface area contributed by atoms with E-state index < -0.39 is 6.17 Å². The number of rotatable bonds is 2. The van der Waals surface area contributed by atoms with E-state index in [1.165, 1.54) is 11.1 Å². The molecule has 1 nitrogen and oxygen atoms in total. The maximum Gasteiger partial charge on any atom is 0.105 e. The zero-order chi connectivity index (χ0) is 15.0. The Morgan fingerprint density at radius 3 is 2.00 bits per heavy atom. The van der Waals surface area contributed by atoms with E-state index >= 15 is 0 Å². The Labute approximate surface area is 143 Å². The largest absolute Gasteiger partial charge is 0.316 e. The van der Waals surface area contributed by atoms with Crippen molar-refractivity contribution in [2.75, 3.05) is 13.1 Å². The lowest BCUT2D eigenvalue weighted by Crippen LogP contribution is -2.47. The fourth-order valence-electron chi connectivity index (χ4n) is 4.74. The van der Waals surface area contributed by atoms with Crippen molar-refractivity contribution in [2.24, 2.45) is 11.8 Å². The van der Waals surface area contributed by atoms with Gasteiger partial charge >= 0.3 is 0 Å². The predicted octanol–water partition coefficient (Wildman–Crippen LogP) is 4.36. The summed E-state index contributed by atoms with van der Waals surface area (Å²) in [4.78, 5) is 0. The minimum absolute atomic E-state index is 0. The number of halogens is 2. The molecule has 1 unspecified atom stereocenters. The third-order valence-corrected chi connectivity index (χ3v) is 5.75. The van der Waals surface area contributed by atoms with Crippen molar-refractivity contribution in [3.8, 4) is 0 Å². The van der Waals surface area contributed by atoms with E-state index in [4.69, 9.17) is 0 Å². The second-order valence-corrected chi connectivity index (χ2v) is 6.69. The molecule has 0 bridgehead atoms. The predicted molar refractivity (Wildman–Crippen MR) is 94.9 cm³/mol. The van der Waals surface area contributed by atoms with Gasteiger partial charge in [-0.3, -0.25) is 0 Å². The van der Waals surface area contributed by atoms with Crippen molar-refractivity contribution < 1.29 is 4.39 Å². The van der Waals surface area contributed by atoms with Crippen LogP contribution in [0.5, 0.6) is 0 Å². The van der Waals surface area contributed by atoms with Crippen LogP contribution in [-0.4, -0.2) is 19.3 Å². The molecule has 0 spiro atoms. The van der Waals surface area contributed by atoms with Gasteiger partial charge in [0.25, 0.3) is 0 Å². The fraction of sp³-hybridized carbons (Fsp3) is 0.400. The van der Waals surface area contributed by atoms with Crippen molar-refractivity contribution in [3.05, 3.63) is 71.8 Å². The van der Waals surface area contributed by atoms with Gasteiger partial charge < -0.3 is 5.32 Å². The van der Waals surface area contributed by atoms with Crippen LogP contribution in [0, 0.1) is 11.8 Å². The van der Waals surface area contributed by atoms with Gasteiger partial charge in [0.1, 0.15) is 6.17 Å². The molecule has 122 valence electrons. The Bertz CT molecular complexity index is 591. The lowest BCUT2D eigenvalue weighted by Gasteiger charge is -2.47. The molecule has 2 aromatic rings. The first kappa shape index (κ1) is 16.5. The van der Waals surface area contributed by atoms with Crippen LogP contribution in [0.15, 0.2) is 60.7 Å². The van der Waals surface area contributed by atoms with Crippen molar-refractivity contribution in [2.45, 2.75) is 24.4 Å². The molecular formula is C20H23ClFN. The van der Waals surface area contributed by atoms with E-state index in [9.17, 15) is 4.39 Å². The number of hydrogen-bond donors (Lipinski definition) is 1. The summed E-state index contributed by atoms with van der Waals surface area (Å²) in [6, 6.07) is 21.5. The van der Waals surface area contributed by atoms with E-state index in [0.29, 0.717) is 12.3 Å². The average molecular weight is 332 g/mol. The number of fused-ring (bicyclic) bond motifs is 1. The maximum atomic E-state index is 14.5. The summed E-state index contributed by atoms with van der Waals surface area (Å²) in [5.74, 6) is 0.468. The van der Waals surface area contributed by atoms with Crippen molar-refractivity contribution in [3.63, 3.8) is 0 Å². The molecule has 1 heterocycles. The Balaban J connectivity index is 0.00000156. The lowest BCUT2D eigenvalue weighted by atomic mass is 9.56. The van der Waals surface area contributed by atoms with E-state index in [1.54, 1.807) is 0 Å². The fourth-order valence-corrected chi connectivity index (χ4v) is 4.74. The molecule has 3 atom stereocenters. The van der Waals surface area contributed by atoms with Crippen LogP contribution >= 0.6 is 12.4 Å². The highest BCUT2D eigenvalue weighted by Crippen LogP contribution is 2.52. The van der Waals surface area contributed by atoms with Crippen LogP contribution in [-0.2, 0) is 5.41 Å². The van der Waals surface area contributed by atoms with E-state index in [1.807, 2.05) is 0 Å². The molecule has 2 fully saturated rings. The highest BCUT2D eigenvalue weighted by Gasteiger charge is 2.52. The minimum Gasteiger partial charge on any atom is -0.316 e. The molecule has 2 aromatic carbocycles. The van der Waals surface area contributed by atoms with Gasteiger partial charge in [-0.1, -0.05) is 60.7 Å². The zero-order valence-corrected chi connectivity index (χ0v) is 13.9. The molecule has 23 heavy (non-hydrogen) atoms. The van der Waals surface area contributed by atoms with Crippen molar-refractivity contribution in [1.82, 2.24) is 5.32 Å². The van der Waals surface area contributed by atoms with Crippen LogP contribution in [0.3, 0.4) is 0 Å². The first-order chi connectivity index (χ1) is 10.8. The molecule has 2 aliphatic rings. The van der Waals surface area contributed by atoms with Gasteiger partial charge in [-0.15, -0.1) is 12.4 Å². The summed E-state index contributed by atoms with van der Waals surface area (Å²) in [5.41, 5.74) is 2.62. The Hall–Kier alpha value is -1.38. The van der Waals surface area contributed by atoms with Gasteiger partial charge in [0, 0.05) is 17.9 Å². The van der Waals surface area contributed by atoms with Crippen LogP contribution < -0.4 is 5.32 Å². The van der Waals surface area contributed by atoms with Crippen LogP contribution in [0.1, 0.15) is 24.0 Å². The number of alkyl halides is 1. The molecule has 1 aliphatic carbocycles. The average Bonchev–Trinajstić information content (AvgIpc) is 3.08. The summed E-state index contributed by atoms with van der Waals surface area (Å²) in [5, 5.41) is 3.45. The third kappa shape index (κ3) is 2.58. The van der Waals surface area contributed by atoms with Gasteiger partial charge in [-0.05, 0) is 36.4 Å². The van der Waals surface area contributed by atoms with Gasteiger partial charge in [-0.2, -0.15) is 0 Å². The minimum atomic E-state index is -0.666. The van der Waals surface area contributed by atoms with E-state index in [0.717, 1.165) is 19.5 Å². The molecule has 1 saturated carbocycles. The third-order valence-electron chi connectivity index (χ3n) is 5.75. The molecule has 4 rings (SSSR count). The second-order valence-electron chi connectivity index (χ2n) is 6.69. The maximum absolute atomic E-state index is 14.5. The van der Waals surface area contributed by atoms with Gasteiger partial charge in [-0.25, -0.2) is 4.39 Å². The number of benzene rings is 2. The van der Waals surface area contributed by atoms with Gasteiger partial charge in [0.05, 0.1) is 0 Å². The van der Waals surface area contributed by atoms with E-state index in [2.05, 4.69) is 66.0 Å². The smallest absolute Gasteiger partial charge is 0.105 e. The summed E-state index contributed by atoms with van der Waals surface area (Å²) in [6.07, 6.45) is 0.887. The lowest BCUT2D eigenvalue weighted by molar-refractivity contribution is 0.0883. The highest BCUT2D eigenvalue weighted by atomic mass is 35.5. The summed E-state index contributed by atoms with van der Waals surface area (Å²) < 4.78 is 14.5. The molecular weight excluding hydrogens is 309 g/mol. The quantitative estimate of drug-likeness (QED) is 0.862. The molecule has 0 aromatic heterocycles. The summed E-state index contributed by atoms with van der Waals surface area (Å²) in [6.45, 7) is 1.72. The first-order valence-electron chi connectivity index (χ1n) is 8.28. The van der Waals surface area contributed by atoms with E-state index in [-0.39, 0.29) is 23.7 Å². The Kier molecular flexibility index (Phi) is 4.74.